The molecule has 0 bridgehead atoms. The maximum absolute atomic E-state index is 12.7. The zero-order chi connectivity index (χ0) is 17.8. The minimum Gasteiger partial charge on any atom is -0.383 e. The van der Waals surface area contributed by atoms with Crippen molar-refractivity contribution >= 4 is 39.9 Å². The van der Waals surface area contributed by atoms with Crippen LogP contribution in [0.2, 0.25) is 0 Å². The molecule has 3 rings (SSSR count). The molecule has 6 nitrogen and oxygen atoms in total. The number of amides is 1. The van der Waals surface area contributed by atoms with Crippen molar-refractivity contribution in [3.8, 4) is 0 Å². The molecule has 25 heavy (non-hydrogen) atoms. The first-order valence-electron chi connectivity index (χ1n) is 7.86. The third-order valence-electron chi connectivity index (χ3n) is 3.75. The molecular formula is C18H18N4O2S. The fourth-order valence-corrected chi connectivity index (χ4v) is 3.41. The number of carbonyl (C=O) groups excluding carboxylic acids is 1. The van der Waals surface area contributed by atoms with Crippen LogP contribution in [0.5, 0.6) is 0 Å². The highest BCUT2D eigenvalue weighted by molar-refractivity contribution is 7.99. The van der Waals surface area contributed by atoms with E-state index in [2.05, 4.69) is 9.97 Å². The molecule has 3 N–H and O–H groups in total. The molecule has 0 aliphatic heterocycles. The Morgan fingerprint density at radius 2 is 2.00 bits per heavy atom. The molecule has 0 fully saturated rings. The van der Waals surface area contributed by atoms with E-state index >= 15 is 0 Å². The van der Waals surface area contributed by atoms with Crippen molar-refractivity contribution in [1.82, 2.24) is 9.97 Å². The van der Waals surface area contributed by atoms with Crippen LogP contribution in [0.4, 0.5) is 11.5 Å². The summed E-state index contributed by atoms with van der Waals surface area (Å²) in [6.45, 7) is 2.49. The van der Waals surface area contributed by atoms with Crippen molar-refractivity contribution in [2.24, 2.45) is 0 Å². The smallest absolute Gasteiger partial charge is 0.253 e. The number of aromatic amines is 1. The zero-order valence-electron chi connectivity index (χ0n) is 13.7. The molecule has 1 amide bonds. The lowest BCUT2D eigenvalue weighted by atomic mass is 10.1. The lowest BCUT2D eigenvalue weighted by Gasteiger charge is -2.22. The van der Waals surface area contributed by atoms with Gasteiger partial charge < -0.3 is 15.6 Å². The van der Waals surface area contributed by atoms with E-state index in [4.69, 9.17) is 5.73 Å². The average molecular weight is 354 g/mol. The van der Waals surface area contributed by atoms with Crippen LogP contribution < -0.4 is 16.2 Å². The quantitative estimate of drug-likeness (QED) is 0.543. The van der Waals surface area contributed by atoms with Crippen LogP contribution in [0.1, 0.15) is 6.92 Å². The zero-order valence-corrected chi connectivity index (χ0v) is 14.5. The van der Waals surface area contributed by atoms with Crippen molar-refractivity contribution in [1.29, 1.82) is 0 Å². The highest BCUT2D eigenvalue weighted by Crippen LogP contribution is 2.27. The predicted molar refractivity (Wildman–Crippen MR) is 102 cm³/mol. The molecule has 0 aliphatic carbocycles. The highest BCUT2D eigenvalue weighted by Gasteiger charge is 2.17. The second kappa shape index (κ2) is 7.40. The number of aromatic nitrogens is 2. The van der Waals surface area contributed by atoms with Gasteiger partial charge in [-0.05, 0) is 18.4 Å². The number of H-pyrrole nitrogens is 1. The largest absolute Gasteiger partial charge is 0.383 e. The SMILES string of the molecule is CCN(C(=O)CSc1nc(N)cc(=O)[nH]1)c1cccc2ccccc12. The molecule has 0 radical (unpaired) electrons. The van der Waals surface area contributed by atoms with Crippen molar-refractivity contribution in [3.05, 3.63) is 58.9 Å². The number of nitrogens with two attached hydrogens (primary N) is 1. The molecule has 0 unspecified atom stereocenters. The summed E-state index contributed by atoms with van der Waals surface area (Å²) in [5.74, 6) is 0.234. The lowest BCUT2D eigenvalue weighted by molar-refractivity contribution is -0.116. The third-order valence-corrected chi connectivity index (χ3v) is 4.60. The molecule has 1 aromatic heterocycles. The first kappa shape index (κ1) is 17.0. The summed E-state index contributed by atoms with van der Waals surface area (Å²) in [5, 5.41) is 2.45. The second-order valence-corrected chi connectivity index (χ2v) is 6.36. The Morgan fingerprint density at radius 1 is 1.24 bits per heavy atom. The van der Waals surface area contributed by atoms with E-state index in [0.29, 0.717) is 11.7 Å². The number of anilines is 2. The minimum atomic E-state index is -0.330. The Bertz CT molecular complexity index is 965. The van der Waals surface area contributed by atoms with Crippen LogP contribution in [0.25, 0.3) is 10.8 Å². The molecule has 3 aromatic rings. The van der Waals surface area contributed by atoms with Crippen LogP contribution in [-0.2, 0) is 4.79 Å². The molecule has 128 valence electrons. The number of nitrogens with one attached hydrogen (secondary N) is 1. The number of hydrogen-bond donors (Lipinski definition) is 2. The van der Waals surface area contributed by atoms with E-state index in [0.717, 1.165) is 28.2 Å². The summed E-state index contributed by atoms with van der Waals surface area (Å²) < 4.78 is 0. The number of hydrogen-bond acceptors (Lipinski definition) is 5. The van der Waals surface area contributed by atoms with E-state index in [-0.39, 0.29) is 23.0 Å². The molecule has 7 heteroatoms. The summed E-state index contributed by atoms with van der Waals surface area (Å²) in [6, 6.07) is 15.1. The van der Waals surface area contributed by atoms with Crippen LogP contribution >= 0.6 is 11.8 Å². The molecule has 0 aliphatic rings. The fourth-order valence-electron chi connectivity index (χ4n) is 2.65. The lowest BCUT2D eigenvalue weighted by Crippen LogP contribution is -2.32. The highest BCUT2D eigenvalue weighted by atomic mass is 32.2. The molecule has 0 spiro atoms. The van der Waals surface area contributed by atoms with Crippen molar-refractivity contribution in [2.45, 2.75) is 12.1 Å². The van der Waals surface area contributed by atoms with Crippen molar-refractivity contribution in [2.75, 3.05) is 22.9 Å². The number of rotatable bonds is 5. The Labute approximate surface area is 149 Å². The van der Waals surface area contributed by atoms with Gasteiger partial charge in [0.15, 0.2) is 5.16 Å². The number of carbonyl (C=O) groups is 1. The first-order valence-corrected chi connectivity index (χ1v) is 8.85. The number of fused-ring (bicyclic) bond motifs is 1. The van der Waals surface area contributed by atoms with Gasteiger partial charge in [-0.15, -0.1) is 0 Å². The van der Waals surface area contributed by atoms with Crippen molar-refractivity contribution in [3.63, 3.8) is 0 Å². The van der Waals surface area contributed by atoms with Gasteiger partial charge in [-0.3, -0.25) is 9.59 Å². The number of thioether (sulfide) groups is 1. The summed E-state index contributed by atoms with van der Waals surface area (Å²) in [4.78, 5) is 32.5. The van der Waals surface area contributed by atoms with E-state index in [1.54, 1.807) is 4.90 Å². The molecular weight excluding hydrogens is 336 g/mol. The summed E-state index contributed by atoms with van der Waals surface area (Å²) in [7, 11) is 0. The third kappa shape index (κ3) is 3.83. The summed E-state index contributed by atoms with van der Waals surface area (Å²) >= 11 is 1.16. The van der Waals surface area contributed by atoms with Gasteiger partial charge in [0.1, 0.15) is 5.82 Å². The Balaban J connectivity index is 1.82. The van der Waals surface area contributed by atoms with Gasteiger partial charge in [0.05, 0.1) is 11.4 Å². The minimum absolute atomic E-state index is 0.0612. The topological polar surface area (TPSA) is 92.1 Å². The van der Waals surface area contributed by atoms with E-state index < -0.39 is 0 Å². The number of nitrogens with zero attached hydrogens (tertiary/aromatic N) is 2. The summed E-state index contributed by atoms with van der Waals surface area (Å²) in [6.07, 6.45) is 0. The Hall–Kier alpha value is -2.80. The summed E-state index contributed by atoms with van der Waals surface area (Å²) in [5.41, 5.74) is 6.11. The monoisotopic (exact) mass is 354 g/mol. The van der Waals surface area contributed by atoms with E-state index in [1.165, 1.54) is 6.07 Å². The molecule has 0 atom stereocenters. The Morgan fingerprint density at radius 3 is 2.76 bits per heavy atom. The fraction of sp³-hybridized carbons (Fsp3) is 0.167. The van der Waals surface area contributed by atoms with Gasteiger partial charge in [-0.25, -0.2) is 4.98 Å². The molecule has 2 aromatic carbocycles. The van der Waals surface area contributed by atoms with Gasteiger partial charge >= 0.3 is 0 Å². The van der Waals surface area contributed by atoms with Gasteiger partial charge in [0.25, 0.3) is 5.56 Å². The van der Waals surface area contributed by atoms with E-state index in [9.17, 15) is 9.59 Å². The van der Waals surface area contributed by atoms with Crippen LogP contribution in [0.3, 0.4) is 0 Å². The molecule has 0 saturated carbocycles. The van der Waals surface area contributed by atoms with Gasteiger partial charge in [-0.1, -0.05) is 48.2 Å². The predicted octanol–water partition coefficient (Wildman–Crippen LogP) is 2.65. The van der Waals surface area contributed by atoms with Gasteiger partial charge in [-0.2, -0.15) is 0 Å². The van der Waals surface area contributed by atoms with Gasteiger partial charge in [0.2, 0.25) is 5.91 Å². The normalized spacial score (nSPS) is 10.8. The molecule has 1 heterocycles. The average Bonchev–Trinajstić information content (AvgIpc) is 2.60. The molecule has 0 saturated heterocycles. The Kier molecular flexibility index (Phi) is 5.04. The van der Waals surface area contributed by atoms with Gasteiger partial charge in [0, 0.05) is 18.0 Å². The second-order valence-electron chi connectivity index (χ2n) is 5.40. The first-order chi connectivity index (χ1) is 12.1. The number of benzene rings is 2. The maximum atomic E-state index is 12.7. The van der Waals surface area contributed by atoms with E-state index in [1.807, 2.05) is 49.4 Å². The van der Waals surface area contributed by atoms with Crippen LogP contribution in [0.15, 0.2) is 58.5 Å². The van der Waals surface area contributed by atoms with Crippen LogP contribution in [0, 0.1) is 0 Å². The van der Waals surface area contributed by atoms with Crippen LogP contribution in [-0.4, -0.2) is 28.2 Å². The standard InChI is InChI=1S/C18H18N4O2S/c1-2-22(14-9-5-7-12-6-3-4-8-13(12)14)17(24)11-25-18-20-15(19)10-16(23)21-18/h3-10H,2,11H2,1H3,(H3,19,20,21,23). The maximum Gasteiger partial charge on any atom is 0.253 e. The van der Waals surface area contributed by atoms with Crippen molar-refractivity contribution < 1.29 is 4.79 Å². The number of nitrogen functional groups attached to an aromatic ring is 1.